The SMILES string of the molecule is Cc1[nH]cnc1CS(=O)CCNC(=S)NC(=O)c1ccccc1. The van der Waals surface area contributed by atoms with Crippen LogP contribution in [0.5, 0.6) is 0 Å². The number of carbonyl (C=O) groups excluding carboxylic acids is 1. The first kappa shape index (κ1) is 17.3. The third kappa shape index (κ3) is 5.57. The predicted octanol–water partition coefficient (Wildman–Crippen LogP) is 1.27. The summed E-state index contributed by atoms with van der Waals surface area (Å²) in [5.74, 6) is 0.560. The van der Waals surface area contributed by atoms with Gasteiger partial charge in [-0.15, -0.1) is 0 Å². The zero-order chi connectivity index (χ0) is 16.7. The molecule has 3 N–H and O–H groups in total. The third-order valence-corrected chi connectivity index (χ3v) is 4.61. The Morgan fingerprint density at radius 2 is 2.09 bits per heavy atom. The minimum atomic E-state index is -1.04. The van der Waals surface area contributed by atoms with E-state index < -0.39 is 10.8 Å². The molecule has 0 saturated heterocycles. The van der Waals surface area contributed by atoms with Gasteiger partial charge in [-0.25, -0.2) is 4.98 Å². The molecule has 0 aliphatic rings. The van der Waals surface area contributed by atoms with E-state index in [1.54, 1.807) is 30.6 Å². The number of thiocarbonyl (C=S) groups is 1. The molecule has 1 aromatic heterocycles. The average Bonchev–Trinajstić information content (AvgIpc) is 2.93. The van der Waals surface area contributed by atoms with Crippen molar-refractivity contribution in [1.29, 1.82) is 0 Å². The van der Waals surface area contributed by atoms with Crippen molar-refractivity contribution in [3.63, 3.8) is 0 Å². The van der Waals surface area contributed by atoms with Crippen LogP contribution in [0.25, 0.3) is 0 Å². The van der Waals surface area contributed by atoms with E-state index in [0.29, 0.717) is 23.6 Å². The summed E-state index contributed by atoms with van der Waals surface area (Å²) in [7, 11) is -1.04. The molecule has 0 fully saturated rings. The molecule has 8 heteroatoms. The summed E-state index contributed by atoms with van der Waals surface area (Å²) < 4.78 is 12.0. The highest BCUT2D eigenvalue weighted by Crippen LogP contribution is 2.04. The maximum atomic E-state index is 12.0. The van der Waals surface area contributed by atoms with Crippen molar-refractivity contribution < 1.29 is 9.00 Å². The first-order chi connectivity index (χ1) is 11.1. The van der Waals surface area contributed by atoms with Gasteiger partial charge in [0.25, 0.3) is 5.91 Å². The van der Waals surface area contributed by atoms with Crippen LogP contribution in [0.15, 0.2) is 36.7 Å². The molecule has 0 radical (unpaired) electrons. The van der Waals surface area contributed by atoms with Crippen molar-refractivity contribution in [3.8, 4) is 0 Å². The fraction of sp³-hybridized carbons (Fsp3) is 0.267. The number of aromatic amines is 1. The fourth-order valence-corrected chi connectivity index (χ4v) is 3.11. The second-order valence-corrected chi connectivity index (χ2v) is 6.82. The Labute approximate surface area is 142 Å². The standard InChI is InChI=1S/C15H18N4O2S2/c1-11-13(18-10-17-11)9-23(21)8-7-16-15(22)19-14(20)12-5-3-2-4-6-12/h2-6,10H,7-9H2,1H3,(H,17,18)(H2,16,19,20,22). The molecule has 2 aromatic rings. The van der Waals surface area contributed by atoms with Crippen molar-refractivity contribution in [1.82, 2.24) is 20.6 Å². The maximum absolute atomic E-state index is 12.0. The summed E-state index contributed by atoms with van der Waals surface area (Å²) >= 11 is 5.06. The van der Waals surface area contributed by atoms with Crippen LogP contribution in [-0.4, -0.2) is 37.5 Å². The van der Waals surface area contributed by atoms with E-state index in [4.69, 9.17) is 12.2 Å². The van der Waals surface area contributed by atoms with Crippen LogP contribution in [0.3, 0.4) is 0 Å². The minimum absolute atomic E-state index is 0.229. The number of carbonyl (C=O) groups is 1. The number of hydrogen-bond acceptors (Lipinski definition) is 4. The van der Waals surface area contributed by atoms with Crippen LogP contribution >= 0.6 is 12.2 Å². The molecular formula is C15H18N4O2S2. The molecule has 6 nitrogen and oxygen atoms in total. The number of rotatable bonds is 6. The highest BCUT2D eigenvalue weighted by Gasteiger charge is 2.09. The normalized spacial score (nSPS) is 11.7. The predicted molar refractivity (Wildman–Crippen MR) is 94.5 cm³/mol. The smallest absolute Gasteiger partial charge is 0.257 e. The van der Waals surface area contributed by atoms with E-state index in [0.717, 1.165) is 11.4 Å². The molecule has 1 amide bonds. The number of amides is 1. The number of hydrogen-bond donors (Lipinski definition) is 3. The molecular weight excluding hydrogens is 332 g/mol. The van der Waals surface area contributed by atoms with Gasteiger partial charge in [0.1, 0.15) is 0 Å². The molecule has 0 bridgehead atoms. The van der Waals surface area contributed by atoms with E-state index >= 15 is 0 Å². The van der Waals surface area contributed by atoms with Gasteiger partial charge in [0.15, 0.2) is 5.11 Å². The van der Waals surface area contributed by atoms with Gasteiger partial charge < -0.3 is 10.3 Å². The Hall–Kier alpha value is -2.06. The monoisotopic (exact) mass is 350 g/mol. The molecule has 2 rings (SSSR count). The minimum Gasteiger partial charge on any atom is -0.361 e. The second-order valence-electron chi connectivity index (χ2n) is 4.84. The van der Waals surface area contributed by atoms with Gasteiger partial charge in [-0.3, -0.25) is 14.3 Å². The summed E-state index contributed by atoms with van der Waals surface area (Å²) in [6.07, 6.45) is 1.59. The fourth-order valence-electron chi connectivity index (χ4n) is 1.84. The van der Waals surface area contributed by atoms with Crippen molar-refractivity contribution in [2.45, 2.75) is 12.7 Å². The van der Waals surface area contributed by atoms with Crippen LogP contribution in [0.4, 0.5) is 0 Å². The van der Waals surface area contributed by atoms with Crippen molar-refractivity contribution in [2.24, 2.45) is 0 Å². The summed E-state index contributed by atoms with van der Waals surface area (Å²) in [6.45, 7) is 2.32. The Morgan fingerprint density at radius 1 is 1.35 bits per heavy atom. The van der Waals surface area contributed by atoms with E-state index in [-0.39, 0.29) is 11.0 Å². The lowest BCUT2D eigenvalue weighted by molar-refractivity contribution is 0.0976. The molecule has 122 valence electrons. The molecule has 0 saturated carbocycles. The molecule has 1 aromatic carbocycles. The molecule has 1 heterocycles. The van der Waals surface area contributed by atoms with Crippen molar-refractivity contribution >= 4 is 34.0 Å². The average molecular weight is 350 g/mol. The summed E-state index contributed by atoms with van der Waals surface area (Å²) in [6, 6.07) is 8.82. The maximum Gasteiger partial charge on any atom is 0.257 e. The van der Waals surface area contributed by atoms with E-state index in [1.807, 2.05) is 13.0 Å². The van der Waals surface area contributed by atoms with Crippen LogP contribution in [0, 0.1) is 6.92 Å². The molecule has 1 unspecified atom stereocenters. The highest BCUT2D eigenvalue weighted by molar-refractivity contribution is 7.84. The van der Waals surface area contributed by atoms with Crippen molar-refractivity contribution in [3.05, 3.63) is 53.6 Å². The lowest BCUT2D eigenvalue weighted by atomic mass is 10.2. The third-order valence-electron chi connectivity index (χ3n) is 3.11. The van der Waals surface area contributed by atoms with Crippen LogP contribution in [-0.2, 0) is 16.6 Å². The van der Waals surface area contributed by atoms with Gasteiger partial charge in [0.05, 0.1) is 17.8 Å². The van der Waals surface area contributed by atoms with Gasteiger partial charge in [0.2, 0.25) is 0 Å². The number of aryl methyl sites for hydroxylation is 1. The molecule has 0 aliphatic carbocycles. The Kier molecular flexibility index (Phi) is 6.42. The number of H-pyrrole nitrogens is 1. The highest BCUT2D eigenvalue weighted by atomic mass is 32.2. The summed E-state index contributed by atoms with van der Waals surface area (Å²) in [5.41, 5.74) is 2.27. The zero-order valence-electron chi connectivity index (χ0n) is 12.7. The largest absolute Gasteiger partial charge is 0.361 e. The summed E-state index contributed by atoms with van der Waals surface area (Å²) in [4.78, 5) is 19.0. The topological polar surface area (TPSA) is 86.9 Å². The Morgan fingerprint density at radius 3 is 2.74 bits per heavy atom. The van der Waals surface area contributed by atoms with Crippen molar-refractivity contribution in [2.75, 3.05) is 12.3 Å². The lowest BCUT2D eigenvalue weighted by Crippen LogP contribution is -2.40. The zero-order valence-corrected chi connectivity index (χ0v) is 14.3. The van der Waals surface area contributed by atoms with Crippen LogP contribution in [0.2, 0.25) is 0 Å². The van der Waals surface area contributed by atoms with E-state index in [2.05, 4.69) is 20.6 Å². The van der Waals surface area contributed by atoms with E-state index in [1.165, 1.54) is 0 Å². The number of imidazole rings is 1. The van der Waals surface area contributed by atoms with Gasteiger partial charge in [0, 0.05) is 34.4 Å². The van der Waals surface area contributed by atoms with Crippen LogP contribution in [0.1, 0.15) is 21.7 Å². The van der Waals surface area contributed by atoms with Gasteiger partial charge >= 0.3 is 0 Å². The van der Waals surface area contributed by atoms with Gasteiger partial charge in [-0.1, -0.05) is 18.2 Å². The summed E-state index contributed by atoms with van der Waals surface area (Å²) in [5, 5.41) is 5.70. The molecule has 0 spiro atoms. The second kappa shape index (κ2) is 8.54. The first-order valence-electron chi connectivity index (χ1n) is 7.04. The lowest BCUT2D eigenvalue weighted by Gasteiger charge is -2.09. The quantitative estimate of drug-likeness (QED) is 0.683. The van der Waals surface area contributed by atoms with Gasteiger partial charge in [-0.2, -0.15) is 0 Å². The molecule has 0 aliphatic heterocycles. The first-order valence-corrected chi connectivity index (χ1v) is 8.94. The number of nitrogens with one attached hydrogen (secondary N) is 3. The Balaban J connectivity index is 1.69. The number of benzene rings is 1. The number of aromatic nitrogens is 2. The Bertz CT molecular complexity index is 701. The van der Waals surface area contributed by atoms with Crippen LogP contribution < -0.4 is 10.6 Å². The molecule has 23 heavy (non-hydrogen) atoms. The van der Waals surface area contributed by atoms with E-state index in [9.17, 15) is 9.00 Å². The van der Waals surface area contributed by atoms with Gasteiger partial charge in [-0.05, 0) is 31.3 Å². The number of nitrogens with zero attached hydrogens (tertiary/aromatic N) is 1. The molecule has 1 atom stereocenters.